The number of hydrogen-bond acceptors (Lipinski definition) is 2. The van der Waals surface area contributed by atoms with Crippen LogP contribution in [0.2, 0.25) is 0 Å². The van der Waals surface area contributed by atoms with Gasteiger partial charge in [-0.15, -0.1) is 0 Å². The van der Waals surface area contributed by atoms with Crippen LogP contribution < -0.4 is 0 Å². The molecule has 1 aromatic carbocycles. The van der Waals surface area contributed by atoms with Gasteiger partial charge in [0.2, 0.25) is 6.41 Å². The van der Waals surface area contributed by atoms with Crippen molar-refractivity contribution in [1.82, 2.24) is 4.90 Å². The summed E-state index contributed by atoms with van der Waals surface area (Å²) in [5.74, 6) is 0. The van der Waals surface area contributed by atoms with E-state index in [2.05, 4.69) is 6.07 Å². The van der Waals surface area contributed by atoms with Crippen molar-refractivity contribution in [2.24, 2.45) is 0 Å². The molecule has 0 saturated carbocycles. The molecule has 72 valence electrons. The molecular weight excluding hydrogens is 176 g/mol. The van der Waals surface area contributed by atoms with Gasteiger partial charge < -0.3 is 4.90 Å². The Morgan fingerprint density at radius 1 is 1.50 bits per heavy atom. The Balaban J connectivity index is 2.85. The minimum Gasteiger partial charge on any atom is -0.341 e. The van der Waals surface area contributed by atoms with E-state index >= 15 is 0 Å². The zero-order chi connectivity index (χ0) is 10.4. The number of carbonyl (C=O) groups excluding carboxylic acids is 1. The largest absolute Gasteiger partial charge is 0.341 e. The highest BCUT2D eigenvalue weighted by Crippen LogP contribution is 2.09. The third kappa shape index (κ3) is 2.33. The molecule has 0 atom stereocenters. The molecule has 0 radical (unpaired) electrons. The van der Waals surface area contributed by atoms with Crippen molar-refractivity contribution in [1.29, 1.82) is 5.26 Å². The minimum absolute atomic E-state index is 0.504. The monoisotopic (exact) mass is 188 g/mol. The van der Waals surface area contributed by atoms with Crippen molar-refractivity contribution in [3.05, 3.63) is 35.4 Å². The van der Waals surface area contributed by atoms with E-state index in [4.69, 9.17) is 5.26 Å². The van der Waals surface area contributed by atoms with Crippen LogP contribution in [-0.4, -0.2) is 17.9 Å². The second kappa shape index (κ2) is 5.03. The highest BCUT2D eigenvalue weighted by atomic mass is 16.1. The Labute approximate surface area is 83.6 Å². The Kier molecular flexibility index (Phi) is 3.69. The second-order valence-corrected chi connectivity index (χ2v) is 2.94. The average Bonchev–Trinajstić information content (AvgIpc) is 2.26. The first-order valence-corrected chi connectivity index (χ1v) is 4.49. The smallest absolute Gasteiger partial charge is 0.209 e. The van der Waals surface area contributed by atoms with Crippen molar-refractivity contribution < 1.29 is 4.79 Å². The van der Waals surface area contributed by atoms with Crippen LogP contribution in [0.15, 0.2) is 24.3 Å². The summed E-state index contributed by atoms with van der Waals surface area (Å²) >= 11 is 0. The van der Waals surface area contributed by atoms with Gasteiger partial charge in [-0.05, 0) is 18.6 Å². The molecule has 0 fully saturated rings. The predicted molar refractivity (Wildman–Crippen MR) is 53.3 cm³/mol. The number of nitriles is 1. The topological polar surface area (TPSA) is 44.1 Å². The zero-order valence-electron chi connectivity index (χ0n) is 8.10. The minimum atomic E-state index is 0.504. The summed E-state index contributed by atoms with van der Waals surface area (Å²) < 4.78 is 0. The summed E-state index contributed by atoms with van der Waals surface area (Å²) in [6, 6.07) is 9.42. The first kappa shape index (κ1) is 10.3. The maximum atomic E-state index is 10.6. The molecule has 0 aromatic heterocycles. The summed E-state index contributed by atoms with van der Waals surface area (Å²) in [5.41, 5.74) is 1.52. The van der Waals surface area contributed by atoms with Crippen molar-refractivity contribution in [3.8, 4) is 6.07 Å². The van der Waals surface area contributed by atoms with Gasteiger partial charge in [-0.25, -0.2) is 0 Å². The summed E-state index contributed by atoms with van der Waals surface area (Å²) in [4.78, 5) is 12.2. The molecule has 0 heterocycles. The van der Waals surface area contributed by atoms with E-state index in [1.807, 2.05) is 25.1 Å². The van der Waals surface area contributed by atoms with E-state index < -0.39 is 0 Å². The van der Waals surface area contributed by atoms with Gasteiger partial charge in [-0.2, -0.15) is 5.26 Å². The molecule has 0 N–H and O–H groups in total. The highest BCUT2D eigenvalue weighted by molar-refractivity contribution is 5.48. The lowest BCUT2D eigenvalue weighted by Crippen LogP contribution is -2.21. The normalized spacial score (nSPS) is 9.14. The Hall–Kier alpha value is -1.82. The molecule has 0 spiro atoms. The van der Waals surface area contributed by atoms with Crippen molar-refractivity contribution >= 4 is 6.41 Å². The van der Waals surface area contributed by atoms with E-state index in [0.29, 0.717) is 18.7 Å². The van der Waals surface area contributed by atoms with E-state index in [-0.39, 0.29) is 0 Å². The fraction of sp³-hybridized carbons (Fsp3) is 0.273. The lowest BCUT2D eigenvalue weighted by Gasteiger charge is -2.15. The molecule has 1 aromatic rings. The summed E-state index contributed by atoms with van der Waals surface area (Å²) in [7, 11) is 0. The number of amides is 1. The van der Waals surface area contributed by atoms with Gasteiger partial charge in [0.25, 0.3) is 0 Å². The van der Waals surface area contributed by atoms with Crippen LogP contribution >= 0.6 is 0 Å². The highest BCUT2D eigenvalue weighted by Gasteiger charge is 2.04. The average molecular weight is 188 g/mol. The van der Waals surface area contributed by atoms with E-state index in [1.54, 1.807) is 11.0 Å². The molecule has 3 heteroatoms. The summed E-state index contributed by atoms with van der Waals surface area (Å²) in [6.07, 6.45) is 0.800. The lowest BCUT2D eigenvalue weighted by molar-refractivity contribution is -0.118. The molecular formula is C11H12N2O. The fourth-order valence-electron chi connectivity index (χ4n) is 1.21. The van der Waals surface area contributed by atoms with Crippen LogP contribution in [0.4, 0.5) is 0 Å². The van der Waals surface area contributed by atoms with Crippen LogP contribution in [0, 0.1) is 11.3 Å². The van der Waals surface area contributed by atoms with Gasteiger partial charge in [0.05, 0.1) is 11.6 Å². The molecule has 0 aliphatic heterocycles. The predicted octanol–water partition coefficient (Wildman–Crippen LogP) is 1.54. The third-order valence-electron chi connectivity index (χ3n) is 2.07. The van der Waals surface area contributed by atoms with Gasteiger partial charge in [-0.3, -0.25) is 4.79 Å². The molecule has 14 heavy (non-hydrogen) atoms. The maximum absolute atomic E-state index is 10.6. The SMILES string of the molecule is CCN(C=O)Cc1ccccc1C#N. The molecule has 1 amide bonds. The zero-order valence-corrected chi connectivity index (χ0v) is 8.10. The van der Waals surface area contributed by atoms with Crippen molar-refractivity contribution in [2.45, 2.75) is 13.5 Å². The summed E-state index contributed by atoms with van der Waals surface area (Å²) in [6.45, 7) is 3.07. The number of carbonyl (C=O) groups is 1. The van der Waals surface area contributed by atoms with Crippen LogP contribution in [0.1, 0.15) is 18.1 Å². The van der Waals surface area contributed by atoms with Gasteiger partial charge in [-0.1, -0.05) is 18.2 Å². The van der Waals surface area contributed by atoms with Gasteiger partial charge in [0, 0.05) is 13.1 Å². The first-order valence-electron chi connectivity index (χ1n) is 4.49. The van der Waals surface area contributed by atoms with Crippen LogP contribution in [0.3, 0.4) is 0 Å². The van der Waals surface area contributed by atoms with E-state index in [9.17, 15) is 4.79 Å². The van der Waals surface area contributed by atoms with E-state index in [1.165, 1.54) is 0 Å². The van der Waals surface area contributed by atoms with Crippen LogP contribution in [0.25, 0.3) is 0 Å². The molecule has 0 saturated heterocycles. The number of rotatable bonds is 4. The van der Waals surface area contributed by atoms with Crippen LogP contribution in [-0.2, 0) is 11.3 Å². The Bertz CT molecular complexity index is 355. The number of nitrogens with zero attached hydrogens (tertiary/aromatic N) is 2. The van der Waals surface area contributed by atoms with Gasteiger partial charge >= 0.3 is 0 Å². The fourth-order valence-corrected chi connectivity index (χ4v) is 1.21. The molecule has 0 aliphatic rings. The molecule has 0 unspecified atom stereocenters. The quantitative estimate of drug-likeness (QED) is 0.673. The Morgan fingerprint density at radius 3 is 2.79 bits per heavy atom. The number of hydrogen-bond donors (Lipinski definition) is 0. The maximum Gasteiger partial charge on any atom is 0.209 e. The summed E-state index contributed by atoms with van der Waals surface area (Å²) in [5, 5.41) is 8.82. The molecule has 0 bridgehead atoms. The number of benzene rings is 1. The molecule has 1 rings (SSSR count). The second-order valence-electron chi connectivity index (χ2n) is 2.94. The molecule has 3 nitrogen and oxygen atoms in total. The Morgan fingerprint density at radius 2 is 2.21 bits per heavy atom. The first-order chi connectivity index (χ1) is 6.81. The van der Waals surface area contributed by atoms with Crippen molar-refractivity contribution in [3.63, 3.8) is 0 Å². The van der Waals surface area contributed by atoms with Gasteiger partial charge in [0.15, 0.2) is 0 Å². The third-order valence-corrected chi connectivity index (χ3v) is 2.07. The molecule has 0 aliphatic carbocycles. The van der Waals surface area contributed by atoms with Crippen LogP contribution in [0.5, 0.6) is 0 Å². The van der Waals surface area contributed by atoms with Gasteiger partial charge in [0.1, 0.15) is 0 Å². The van der Waals surface area contributed by atoms with E-state index in [0.717, 1.165) is 12.0 Å². The van der Waals surface area contributed by atoms with Crippen molar-refractivity contribution in [2.75, 3.05) is 6.54 Å². The standard InChI is InChI=1S/C11H12N2O/c1-2-13(9-14)8-11-6-4-3-5-10(11)7-12/h3-6,9H,2,8H2,1H3. The lowest BCUT2D eigenvalue weighted by atomic mass is 10.1.